The molecule has 1 atom stereocenters. The number of amides is 2. The van der Waals surface area contributed by atoms with E-state index in [4.69, 9.17) is 4.74 Å². The van der Waals surface area contributed by atoms with Gasteiger partial charge in [0.25, 0.3) is 0 Å². The van der Waals surface area contributed by atoms with Gasteiger partial charge in [-0.2, -0.15) is 0 Å². The van der Waals surface area contributed by atoms with Crippen molar-refractivity contribution in [1.82, 2.24) is 19.9 Å². The number of benzene rings is 1. The number of methoxy groups -OCH3 is 1. The van der Waals surface area contributed by atoms with Crippen LogP contribution in [-0.4, -0.2) is 46.1 Å². The second-order valence-electron chi connectivity index (χ2n) is 6.65. The fraction of sp³-hybridized carbons (Fsp3) is 0.500. The van der Waals surface area contributed by atoms with Crippen molar-refractivity contribution in [3.8, 4) is 5.75 Å². The van der Waals surface area contributed by atoms with Crippen LogP contribution in [-0.2, 0) is 6.54 Å². The number of carbonyl (C=O) groups excluding carboxylic acids is 1. The van der Waals surface area contributed by atoms with E-state index in [0.29, 0.717) is 5.92 Å². The van der Waals surface area contributed by atoms with Gasteiger partial charge in [0.05, 0.1) is 13.3 Å². The van der Waals surface area contributed by atoms with E-state index in [1.807, 2.05) is 41.8 Å². The summed E-state index contributed by atoms with van der Waals surface area (Å²) >= 11 is 0. The van der Waals surface area contributed by atoms with Crippen molar-refractivity contribution >= 4 is 11.7 Å². The van der Waals surface area contributed by atoms with E-state index in [1.165, 1.54) is 0 Å². The number of hydrogen-bond acceptors (Lipinski definition) is 4. The third-order valence-electron chi connectivity index (χ3n) is 4.69. The molecule has 0 spiro atoms. The van der Waals surface area contributed by atoms with E-state index in [1.54, 1.807) is 13.3 Å². The lowest BCUT2D eigenvalue weighted by Crippen LogP contribution is -2.43. The maximum Gasteiger partial charge on any atom is 0.321 e. The van der Waals surface area contributed by atoms with Crippen LogP contribution in [0, 0.1) is 19.8 Å². The molecule has 2 aromatic rings. The Labute approximate surface area is 148 Å². The molecule has 7 nitrogen and oxygen atoms in total. The highest BCUT2D eigenvalue weighted by Crippen LogP contribution is 2.28. The highest BCUT2D eigenvalue weighted by molar-refractivity contribution is 5.90. The quantitative estimate of drug-likeness (QED) is 0.926. The van der Waals surface area contributed by atoms with Crippen LogP contribution in [0.15, 0.2) is 24.5 Å². The summed E-state index contributed by atoms with van der Waals surface area (Å²) in [5.41, 5.74) is 2.80. The first-order chi connectivity index (χ1) is 12.1. The van der Waals surface area contributed by atoms with Gasteiger partial charge < -0.3 is 15.0 Å². The number of rotatable bonds is 4. The van der Waals surface area contributed by atoms with Crippen molar-refractivity contribution in [1.29, 1.82) is 0 Å². The molecule has 1 aromatic carbocycles. The van der Waals surface area contributed by atoms with Gasteiger partial charge in [0, 0.05) is 37.1 Å². The third kappa shape index (κ3) is 4.10. The molecule has 0 bridgehead atoms. The standard InChI is InChI=1S/C18H25N5O2/c1-13-9-16(14(2)17(10-13)25-3)20-18(24)22-7-4-5-15(11-22)12-23-8-6-19-21-23/h6,8-10,15H,4-5,7,11-12H2,1-3H3,(H,20,24)/t15-/m0/s1. The fourth-order valence-electron chi connectivity index (χ4n) is 3.35. The van der Waals surface area contributed by atoms with E-state index >= 15 is 0 Å². The van der Waals surface area contributed by atoms with Crippen molar-refractivity contribution in [3.63, 3.8) is 0 Å². The number of anilines is 1. The Kier molecular flexibility index (Phi) is 5.21. The predicted molar refractivity (Wildman–Crippen MR) is 95.8 cm³/mol. The van der Waals surface area contributed by atoms with E-state index in [2.05, 4.69) is 15.6 Å². The molecule has 1 fully saturated rings. The lowest BCUT2D eigenvalue weighted by Gasteiger charge is -2.32. The van der Waals surface area contributed by atoms with Crippen molar-refractivity contribution in [2.75, 3.05) is 25.5 Å². The molecule has 1 saturated heterocycles. The molecule has 134 valence electrons. The van der Waals surface area contributed by atoms with Crippen molar-refractivity contribution in [2.24, 2.45) is 5.92 Å². The molecule has 2 heterocycles. The number of ether oxygens (including phenoxy) is 1. The highest BCUT2D eigenvalue weighted by atomic mass is 16.5. The minimum atomic E-state index is -0.0564. The van der Waals surface area contributed by atoms with E-state index in [0.717, 1.165) is 55.0 Å². The van der Waals surface area contributed by atoms with Gasteiger partial charge in [-0.3, -0.25) is 4.68 Å². The first-order valence-corrected chi connectivity index (χ1v) is 8.62. The smallest absolute Gasteiger partial charge is 0.321 e. The predicted octanol–water partition coefficient (Wildman–Crippen LogP) is 2.85. The first-order valence-electron chi connectivity index (χ1n) is 8.62. The summed E-state index contributed by atoms with van der Waals surface area (Å²) in [5, 5.41) is 10.9. The number of aromatic nitrogens is 3. The summed E-state index contributed by atoms with van der Waals surface area (Å²) in [5.74, 6) is 1.19. The van der Waals surface area contributed by atoms with Gasteiger partial charge in [-0.05, 0) is 50.3 Å². The van der Waals surface area contributed by atoms with Crippen LogP contribution in [0.1, 0.15) is 24.0 Å². The Morgan fingerprint density at radius 1 is 1.40 bits per heavy atom. The molecule has 2 amide bonds. The van der Waals surface area contributed by atoms with Gasteiger partial charge in [-0.25, -0.2) is 4.79 Å². The average molecular weight is 343 g/mol. The molecule has 1 aliphatic rings. The van der Waals surface area contributed by atoms with Crippen LogP contribution in [0.4, 0.5) is 10.5 Å². The minimum absolute atomic E-state index is 0.0564. The van der Waals surface area contributed by atoms with Gasteiger partial charge in [0.15, 0.2) is 0 Å². The molecule has 0 radical (unpaired) electrons. The second kappa shape index (κ2) is 7.55. The van der Waals surface area contributed by atoms with Crippen LogP contribution in [0.25, 0.3) is 0 Å². The monoisotopic (exact) mass is 343 g/mol. The molecule has 0 aliphatic carbocycles. The fourth-order valence-corrected chi connectivity index (χ4v) is 3.35. The average Bonchev–Trinajstić information content (AvgIpc) is 3.11. The third-order valence-corrected chi connectivity index (χ3v) is 4.69. The summed E-state index contributed by atoms with van der Waals surface area (Å²) in [6.07, 6.45) is 5.65. The van der Waals surface area contributed by atoms with Crippen LogP contribution >= 0.6 is 0 Å². The molecule has 1 aliphatic heterocycles. The van der Waals surface area contributed by atoms with E-state index in [9.17, 15) is 4.79 Å². The topological polar surface area (TPSA) is 72.3 Å². The number of nitrogens with one attached hydrogen (secondary N) is 1. The summed E-state index contributed by atoms with van der Waals surface area (Å²) in [6.45, 7) is 6.25. The van der Waals surface area contributed by atoms with Crippen LogP contribution in [0.3, 0.4) is 0 Å². The summed E-state index contributed by atoms with van der Waals surface area (Å²) in [4.78, 5) is 14.6. The Morgan fingerprint density at radius 2 is 2.24 bits per heavy atom. The van der Waals surface area contributed by atoms with Gasteiger partial charge in [-0.1, -0.05) is 5.21 Å². The van der Waals surface area contributed by atoms with Crippen molar-refractivity contribution < 1.29 is 9.53 Å². The minimum Gasteiger partial charge on any atom is -0.496 e. The second-order valence-corrected chi connectivity index (χ2v) is 6.65. The normalized spacial score (nSPS) is 17.4. The number of likely N-dealkylation sites (tertiary alicyclic amines) is 1. The lowest BCUT2D eigenvalue weighted by atomic mass is 9.98. The van der Waals surface area contributed by atoms with Crippen LogP contribution in [0.2, 0.25) is 0 Å². The van der Waals surface area contributed by atoms with E-state index in [-0.39, 0.29) is 6.03 Å². The largest absolute Gasteiger partial charge is 0.496 e. The molecule has 25 heavy (non-hydrogen) atoms. The van der Waals surface area contributed by atoms with Crippen LogP contribution < -0.4 is 10.1 Å². The zero-order valence-electron chi connectivity index (χ0n) is 15.0. The Morgan fingerprint density at radius 3 is 2.96 bits per heavy atom. The van der Waals surface area contributed by atoms with Gasteiger partial charge in [0.2, 0.25) is 0 Å². The Bertz CT molecular complexity index is 729. The Balaban J connectivity index is 1.66. The van der Waals surface area contributed by atoms with Crippen LogP contribution in [0.5, 0.6) is 5.75 Å². The highest BCUT2D eigenvalue weighted by Gasteiger charge is 2.24. The maximum absolute atomic E-state index is 12.7. The molecular formula is C18H25N5O2. The molecule has 7 heteroatoms. The number of nitrogens with zero attached hydrogens (tertiary/aromatic N) is 4. The molecule has 3 rings (SSSR count). The summed E-state index contributed by atoms with van der Waals surface area (Å²) < 4.78 is 7.22. The first kappa shape index (κ1) is 17.3. The number of urea groups is 1. The Hall–Kier alpha value is -2.57. The molecular weight excluding hydrogens is 318 g/mol. The summed E-state index contributed by atoms with van der Waals surface area (Å²) in [6, 6.07) is 3.89. The number of aryl methyl sites for hydroxylation is 1. The number of carbonyl (C=O) groups is 1. The lowest BCUT2D eigenvalue weighted by molar-refractivity contribution is 0.168. The SMILES string of the molecule is COc1cc(C)cc(NC(=O)N2CCC[C@H](Cn3ccnn3)C2)c1C. The number of hydrogen-bond donors (Lipinski definition) is 1. The summed E-state index contributed by atoms with van der Waals surface area (Å²) in [7, 11) is 1.65. The zero-order chi connectivity index (χ0) is 17.8. The van der Waals surface area contributed by atoms with Gasteiger partial charge >= 0.3 is 6.03 Å². The van der Waals surface area contributed by atoms with Gasteiger partial charge in [-0.15, -0.1) is 5.10 Å². The van der Waals surface area contributed by atoms with E-state index < -0.39 is 0 Å². The maximum atomic E-state index is 12.7. The van der Waals surface area contributed by atoms with Crippen molar-refractivity contribution in [3.05, 3.63) is 35.7 Å². The zero-order valence-corrected chi connectivity index (χ0v) is 15.0. The molecule has 1 N–H and O–H groups in total. The van der Waals surface area contributed by atoms with Crippen molar-refractivity contribution in [2.45, 2.75) is 33.2 Å². The molecule has 0 saturated carbocycles. The molecule has 0 unspecified atom stereocenters. The van der Waals surface area contributed by atoms with Gasteiger partial charge in [0.1, 0.15) is 5.75 Å². The molecule has 1 aromatic heterocycles. The number of piperidine rings is 1.